The molecule has 0 aromatic heterocycles. The van der Waals surface area contributed by atoms with E-state index in [2.05, 4.69) is 15.6 Å². The summed E-state index contributed by atoms with van der Waals surface area (Å²) in [7, 11) is 5.09. The Bertz CT molecular complexity index is 822. The zero-order valence-corrected chi connectivity index (χ0v) is 18.2. The van der Waals surface area contributed by atoms with Crippen molar-refractivity contribution in [3.05, 3.63) is 64.7 Å². The van der Waals surface area contributed by atoms with E-state index in [9.17, 15) is 4.79 Å². The number of halogens is 1. The van der Waals surface area contributed by atoms with Crippen molar-refractivity contribution in [2.24, 2.45) is 4.99 Å². The van der Waals surface area contributed by atoms with Crippen molar-refractivity contribution >= 4 is 23.5 Å². The van der Waals surface area contributed by atoms with Crippen molar-refractivity contribution in [1.29, 1.82) is 0 Å². The Hall–Kier alpha value is -2.73. The molecule has 0 spiro atoms. The van der Waals surface area contributed by atoms with Gasteiger partial charge in [0.2, 0.25) is 5.91 Å². The van der Waals surface area contributed by atoms with E-state index in [0.717, 1.165) is 17.7 Å². The molecular formula is C22H29ClN4O2. The number of rotatable bonds is 8. The van der Waals surface area contributed by atoms with Crippen LogP contribution in [0.1, 0.15) is 24.1 Å². The van der Waals surface area contributed by atoms with Crippen LogP contribution in [-0.4, -0.2) is 51.1 Å². The Labute approximate surface area is 177 Å². The average Bonchev–Trinajstić information content (AvgIpc) is 2.71. The van der Waals surface area contributed by atoms with Crippen LogP contribution in [0.2, 0.25) is 5.02 Å². The van der Waals surface area contributed by atoms with Crippen LogP contribution < -0.4 is 15.4 Å². The van der Waals surface area contributed by atoms with Gasteiger partial charge in [0.1, 0.15) is 12.3 Å². The zero-order valence-electron chi connectivity index (χ0n) is 17.4. The van der Waals surface area contributed by atoms with Gasteiger partial charge in [0.05, 0.1) is 13.2 Å². The molecule has 1 atom stereocenters. The van der Waals surface area contributed by atoms with Crippen LogP contribution in [0.3, 0.4) is 0 Å². The number of nitrogens with one attached hydrogen (secondary N) is 2. The molecular weight excluding hydrogens is 388 g/mol. The summed E-state index contributed by atoms with van der Waals surface area (Å²) in [6.45, 7) is 2.78. The summed E-state index contributed by atoms with van der Waals surface area (Å²) in [5, 5.41) is 7.34. The standard InChI is InChI=1S/C22H29ClN4O2/c1-16(18-6-5-7-19(23)14-18)26-22(25-15-21(28)27(2)3)24-13-12-17-8-10-20(29-4)11-9-17/h5-11,14,16H,12-13,15H2,1-4H3,(H2,24,25,26). The van der Waals surface area contributed by atoms with Gasteiger partial charge in [-0.3, -0.25) is 4.79 Å². The molecule has 1 unspecified atom stereocenters. The second-order valence-electron chi connectivity index (χ2n) is 6.90. The van der Waals surface area contributed by atoms with Gasteiger partial charge < -0.3 is 20.3 Å². The molecule has 7 heteroatoms. The second-order valence-corrected chi connectivity index (χ2v) is 7.34. The Morgan fingerprint density at radius 2 is 1.93 bits per heavy atom. The number of carbonyl (C=O) groups excluding carboxylic acids is 1. The molecule has 0 aliphatic carbocycles. The molecule has 0 heterocycles. The van der Waals surface area contributed by atoms with Gasteiger partial charge in [-0.15, -0.1) is 0 Å². The lowest BCUT2D eigenvalue weighted by molar-refractivity contribution is -0.127. The third-order valence-electron chi connectivity index (χ3n) is 4.44. The first-order valence-electron chi connectivity index (χ1n) is 9.52. The smallest absolute Gasteiger partial charge is 0.243 e. The van der Waals surface area contributed by atoms with Crippen LogP contribution in [0.15, 0.2) is 53.5 Å². The van der Waals surface area contributed by atoms with E-state index in [1.807, 2.05) is 55.5 Å². The van der Waals surface area contributed by atoms with E-state index in [-0.39, 0.29) is 18.5 Å². The summed E-state index contributed by atoms with van der Waals surface area (Å²) in [6.07, 6.45) is 0.817. The molecule has 0 aliphatic heterocycles. The van der Waals surface area contributed by atoms with E-state index in [0.29, 0.717) is 17.5 Å². The molecule has 2 N–H and O–H groups in total. The Kier molecular flexibility index (Phi) is 8.80. The topological polar surface area (TPSA) is 66.0 Å². The third-order valence-corrected chi connectivity index (χ3v) is 4.67. The Balaban J connectivity index is 2.01. The number of carbonyl (C=O) groups is 1. The van der Waals surface area contributed by atoms with Crippen molar-refractivity contribution in [3.63, 3.8) is 0 Å². The van der Waals surface area contributed by atoms with Gasteiger partial charge in [0.15, 0.2) is 5.96 Å². The van der Waals surface area contributed by atoms with E-state index in [1.165, 1.54) is 10.5 Å². The van der Waals surface area contributed by atoms with Gasteiger partial charge >= 0.3 is 0 Å². The SMILES string of the molecule is COc1ccc(CCNC(=NCC(=O)N(C)C)NC(C)c2cccc(Cl)c2)cc1. The van der Waals surface area contributed by atoms with E-state index < -0.39 is 0 Å². The number of methoxy groups -OCH3 is 1. The van der Waals surface area contributed by atoms with E-state index in [4.69, 9.17) is 16.3 Å². The fourth-order valence-corrected chi connectivity index (χ4v) is 2.82. The fraction of sp³-hybridized carbons (Fsp3) is 0.364. The number of hydrogen-bond acceptors (Lipinski definition) is 3. The number of aliphatic imine (C=N–C) groups is 1. The van der Waals surface area contributed by atoms with Crippen LogP contribution in [0.25, 0.3) is 0 Å². The van der Waals surface area contributed by atoms with Crippen LogP contribution in [-0.2, 0) is 11.2 Å². The largest absolute Gasteiger partial charge is 0.497 e. The fourth-order valence-electron chi connectivity index (χ4n) is 2.62. The van der Waals surface area contributed by atoms with Gasteiger partial charge in [0.25, 0.3) is 0 Å². The molecule has 0 saturated heterocycles. The molecule has 0 aliphatic rings. The Morgan fingerprint density at radius 1 is 1.21 bits per heavy atom. The molecule has 1 amide bonds. The lowest BCUT2D eigenvalue weighted by atomic mass is 10.1. The second kappa shape index (κ2) is 11.3. The summed E-state index contributed by atoms with van der Waals surface area (Å²) in [6, 6.07) is 15.6. The molecule has 2 aromatic rings. The number of guanidine groups is 1. The van der Waals surface area contributed by atoms with Gasteiger partial charge in [-0.2, -0.15) is 0 Å². The highest BCUT2D eigenvalue weighted by atomic mass is 35.5. The van der Waals surface area contributed by atoms with Crippen molar-refractivity contribution < 1.29 is 9.53 Å². The first-order valence-corrected chi connectivity index (χ1v) is 9.90. The van der Waals surface area contributed by atoms with Gasteiger partial charge in [-0.1, -0.05) is 35.9 Å². The third kappa shape index (κ3) is 7.66. The van der Waals surface area contributed by atoms with Crippen LogP contribution in [0.4, 0.5) is 0 Å². The first-order chi connectivity index (χ1) is 13.9. The number of hydrogen-bond donors (Lipinski definition) is 2. The minimum Gasteiger partial charge on any atom is -0.497 e. The normalized spacial score (nSPS) is 12.2. The average molecular weight is 417 g/mol. The van der Waals surface area contributed by atoms with E-state index in [1.54, 1.807) is 21.2 Å². The van der Waals surface area contributed by atoms with Crippen molar-refractivity contribution in [3.8, 4) is 5.75 Å². The summed E-state index contributed by atoms with van der Waals surface area (Å²) in [4.78, 5) is 17.9. The van der Waals surface area contributed by atoms with Crippen molar-refractivity contribution in [2.45, 2.75) is 19.4 Å². The number of ether oxygens (including phenoxy) is 1. The number of benzene rings is 2. The molecule has 29 heavy (non-hydrogen) atoms. The predicted molar refractivity (Wildman–Crippen MR) is 119 cm³/mol. The van der Waals surface area contributed by atoms with Crippen LogP contribution in [0.5, 0.6) is 5.75 Å². The van der Waals surface area contributed by atoms with E-state index >= 15 is 0 Å². The molecule has 6 nitrogen and oxygen atoms in total. The molecule has 0 radical (unpaired) electrons. The highest BCUT2D eigenvalue weighted by molar-refractivity contribution is 6.30. The summed E-state index contributed by atoms with van der Waals surface area (Å²) in [5.74, 6) is 1.36. The van der Waals surface area contributed by atoms with Gasteiger partial charge in [0, 0.05) is 25.7 Å². The highest BCUT2D eigenvalue weighted by Gasteiger charge is 2.10. The molecule has 2 aromatic carbocycles. The highest BCUT2D eigenvalue weighted by Crippen LogP contribution is 2.17. The maximum Gasteiger partial charge on any atom is 0.243 e. The molecule has 0 saturated carbocycles. The van der Waals surface area contributed by atoms with Crippen molar-refractivity contribution in [1.82, 2.24) is 15.5 Å². The lowest BCUT2D eigenvalue weighted by Gasteiger charge is -2.19. The monoisotopic (exact) mass is 416 g/mol. The van der Waals surface area contributed by atoms with Crippen molar-refractivity contribution in [2.75, 3.05) is 34.3 Å². The minimum absolute atomic E-state index is 0.0182. The zero-order chi connectivity index (χ0) is 21.2. The number of nitrogens with zero attached hydrogens (tertiary/aromatic N) is 2. The van der Waals surface area contributed by atoms with Crippen LogP contribution in [0, 0.1) is 0 Å². The molecule has 0 bridgehead atoms. The summed E-state index contributed by atoms with van der Waals surface area (Å²) >= 11 is 6.10. The quantitative estimate of drug-likeness (QED) is 0.512. The van der Waals surface area contributed by atoms with Gasteiger partial charge in [-0.25, -0.2) is 4.99 Å². The Morgan fingerprint density at radius 3 is 2.55 bits per heavy atom. The minimum atomic E-state index is -0.0586. The first kappa shape index (κ1) is 22.6. The number of likely N-dealkylation sites (N-methyl/N-ethyl adjacent to an activating group) is 1. The number of amides is 1. The maximum absolute atomic E-state index is 11.9. The molecule has 0 fully saturated rings. The summed E-state index contributed by atoms with van der Waals surface area (Å²) in [5.41, 5.74) is 2.23. The van der Waals surface area contributed by atoms with Gasteiger partial charge in [-0.05, 0) is 48.7 Å². The van der Waals surface area contributed by atoms with Crippen LogP contribution >= 0.6 is 11.6 Å². The summed E-state index contributed by atoms with van der Waals surface area (Å²) < 4.78 is 5.19. The molecule has 156 valence electrons. The lowest BCUT2D eigenvalue weighted by Crippen LogP contribution is -2.40. The predicted octanol–water partition coefficient (Wildman–Crippen LogP) is 3.28. The molecule has 2 rings (SSSR count). The maximum atomic E-state index is 11.9.